The van der Waals surface area contributed by atoms with Crippen molar-refractivity contribution in [3.05, 3.63) is 59.0 Å². The van der Waals surface area contributed by atoms with Gasteiger partial charge in [0.1, 0.15) is 11.6 Å². The molecular formula is C28H30F3NO5. The largest absolute Gasteiger partial charge is 0.586 e. The standard InChI is InChI=1S/C28H30F3NO5/c1-4-26(2,3)24-10-17-9-16(20(29)13-21(17)32(24)14-19(34)15-33)11-25(35)27(7-8-27)18-5-6-22-23(12-18)37-28(30,31)36-22/h5-6,9-10,12-13,19,33-34H,4,7-8,11,14-15H2,1-3H3/t19-/m0/s1/i2D3,4D2,14D2,19D/t19-,26?. The van der Waals surface area contributed by atoms with Crippen LogP contribution in [0, 0.1) is 5.82 Å². The Labute approximate surface area is 223 Å². The molecule has 1 saturated carbocycles. The minimum Gasteiger partial charge on any atom is -0.395 e. The van der Waals surface area contributed by atoms with Crippen LogP contribution in [0.25, 0.3) is 10.9 Å². The molecule has 0 radical (unpaired) electrons. The van der Waals surface area contributed by atoms with Crippen molar-refractivity contribution in [1.29, 1.82) is 0 Å². The number of Topliss-reactive ketones (excluding diaryl/α,β-unsaturated/α-hetero) is 1. The summed E-state index contributed by atoms with van der Waals surface area (Å²) in [7, 11) is 0. The lowest BCUT2D eigenvalue weighted by atomic mass is 9.86. The second-order valence-electron chi connectivity index (χ2n) is 9.47. The molecule has 6 nitrogen and oxygen atoms in total. The molecule has 2 aliphatic rings. The summed E-state index contributed by atoms with van der Waals surface area (Å²) in [4.78, 5) is 13.6. The van der Waals surface area contributed by atoms with Crippen LogP contribution in [0.4, 0.5) is 13.2 Å². The fourth-order valence-electron chi connectivity index (χ4n) is 4.64. The van der Waals surface area contributed by atoms with Gasteiger partial charge >= 0.3 is 6.29 Å². The van der Waals surface area contributed by atoms with Crippen molar-refractivity contribution in [2.75, 3.05) is 6.61 Å². The Bertz CT molecular complexity index is 1680. The van der Waals surface area contributed by atoms with Crippen LogP contribution >= 0.6 is 0 Å². The number of alkyl halides is 2. The Morgan fingerprint density at radius 1 is 1.27 bits per heavy atom. The zero-order chi connectivity index (χ0) is 33.8. The van der Waals surface area contributed by atoms with Gasteiger partial charge in [0.25, 0.3) is 0 Å². The van der Waals surface area contributed by atoms with Gasteiger partial charge in [-0.15, -0.1) is 8.78 Å². The fourth-order valence-corrected chi connectivity index (χ4v) is 4.64. The number of fused-ring (bicyclic) bond motifs is 2. The first-order valence-corrected chi connectivity index (χ1v) is 11.5. The van der Waals surface area contributed by atoms with Crippen LogP contribution in [-0.2, 0) is 28.5 Å². The summed E-state index contributed by atoms with van der Waals surface area (Å²) in [6.45, 7) is -5.91. The molecule has 2 atom stereocenters. The topological polar surface area (TPSA) is 80.9 Å². The molecule has 1 aliphatic heterocycles. The molecule has 1 aliphatic carbocycles. The molecule has 1 aromatic heterocycles. The summed E-state index contributed by atoms with van der Waals surface area (Å²) < 4.78 is 119. The predicted molar refractivity (Wildman–Crippen MR) is 131 cm³/mol. The van der Waals surface area contributed by atoms with E-state index in [-0.39, 0.29) is 28.0 Å². The predicted octanol–water partition coefficient (Wildman–Crippen LogP) is 4.99. The third kappa shape index (κ3) is 4.48. The van der Waals surface area contributed by atoms with E-state index in [1.54, 1.807) is 0 Å². The highest BCUT2D eigenvalue weighted by molar-refractivity contribution is 5.95. The molecule has 3 aromatic rings. The van der Waals surface area contributed by atoms with Crippen LogP contribution in [0.15, 0.2) is 36.4 Å². The van der Waals surface area contributed by atoms with Crippen LogP contribution < -0.4 is 9.47 Å². The zero-order valence-electron chi connectivity index (χ0n) is 28.0. The molecule has 2 aromatic carbocycles. The van der Waals surface area contributed by atoms with E-state index in [1.807, 2.05) is 0 Å². The third-order valence-corrected chi connectivity index (χ3v) is 6.96. The molecule has 2 heterocycles. The van der Waals surface area contributed by atoms with E-state index >= 15 is 4.39 Å². The minimum atomic E-state index is -3.86. The van der Waals surface area contributed by atoms with Crippen molar-refractivity contribution in [3.8, 4) is 11.5 Å². The van der Waals surface area contributed by atoms with Crippen molar-refractivity contribution in [2.45, 2.75) is 76.0 Å². The van der Waals surface area contributed by atoms with Crippen LogP contribution in [0.1, 0.15) is 67.7 Å². The second-order valence-corrected chi connectivity index (χ2v) is 9.47. The van der Waals surface area contributed by atoms with Gasteiger partial charge in [0, 0.05) is 29.8 Å². The molecular weight excluding hydrogens is 487 g/mol. The number of aliphatic hydroxyl groups excluding tert-OH is 1. The molecule has 0 amide bonds. The maximum absolute atomic E-state index is 15.7. The average Bonchev–Trinajstić information content (AvgIpc) is 3.54. The first-order valence-electron chi connectivity index (χ1n) is 15.5. The number of ether oxygens (including phenoxy) is 2. The Kier molecular flexibility index (Phi) is 4.14. The van der Waals surface area contributed by atoms with Gasteiger partial charge < -0.3 is 24.3 Å². The highest BCUT2D eigenvalue weighted by Crippen LogP contribution is 2.52. The van der Waals surface area contributed by atoms with E-state index in [1.165, 1.54) is 24.3 Å². The van der Waals surface area contributed by atoms with Gasteiger partial charge in [-0.25, -0.2) is 4.39 Å². The van der Waals surface area contributed by atoms with Gasteiger partial charge in [-0.3, -0.25) is 4.79 Å². The molecule has 5 rings (SSSR count). The number of halogens is 3. The molecule has 2 N–H and O–H groups in total. The van der Waals surface area contributed by atoms with Gasteiger partial charge in [0.2, 0.25) is 0 Å². The van der Waals surface area contributed by atoms with Gasteiger partial charge in [0.05, 0.1) is 34.2 Å². The van der Waals surface area contributed by atoms with Crippen molar-refractivity contribution in [1.82, 2.24) is 4.57 Å². The second kappa shape index (κ2) is 8.77. The van der Waals surface area contributed by atoms with Gasteiger partial charge in [0.15, 0.2) is 11.5 Å². The molecule has 9 heteroatoms. The SMILES string of the molecule is [2H]C([2H])([2H])C(C)(c1cc2cc(CC(=O)C3(c4ccc5c(c4)OC(F)(F)O5)CC3)c(F)cc2n1C([2H])([2H])[C@]([2H])(O)CO)C([2H])([2H])C. The summed E-state index contributed by atoms with van der Waals surface area (Å²) >= 11 is 0. The summed E-state index contributed by atoms with van der Waals surface area (Å²) in [6.07, 6.45) is -9.50. The lowest BCUT2D eigenvalue weighted by Gasteiger charge is -2.26. The first-order chi connectivity index (χ1) is 20.4. The minimum absolute atomic E-state index is 0.0262. The third-order valence-electron chi connectivity index (χ3n) is 6.96. The average molecular weight is 526 g/mol. The van der Waals surface area contributed by atoms with Crippen molar-refractivity contribution in [2.24, 2.45) is 0 Å². The highest BCUT2D eigenvalue weighted by Gasteiger charge is 2.52. The number of hydrogen-bond acceptors (Lipinski definition) is 5. The number of aliphatic hydroxyl groups is 2. The van der Waals surface area contributed by atoms with Gasteiger partial charge in [-0.1, -0.05) is 26.8 Å². The van der Waals surface area contributed by atoms with E-state index in [0.29, 0.717) is 23.0 Å². The van der Waals surface area contributed by atoms with Crippen LogP contribution in [0.3, 0.4) is 0 Å². The van der Waals surface area contributed by atoms with Crippen LogP contribution in [0.2, 0.25) is 0 Å². The normalized spacial score (nSPS) is 24.7. The number of benzene rings is 2. The molecule has 0 bridgehead atoms. The number of aromatic nitrogens is 1. The van der Waals surface area contributed by atoms with Gasteiger partial charge in [-0.2, -0.15) is 0 Å². The molecule has 1 fully saturated rings. The monoisotopic (exact) mass is 525 g/mol. The summed E-state index contributed by atoms with van der Waals surface area (Å²) in [5, 5.41) is 20.1. The number of nitrogens with zero attached hydrogens (tertiary/aromatic N) is 1. The van der Waals surface area contributed by atoms with E-state index in [2.05, 4.69) is 9.47 Å². The van der Waals surface area contributed by atoms with E-state index < -0.39 is 73.2 Å². The van der Waals surface area contributed by atoms with E-state index in [4.69, 9.17) is 11.0 Å². The summed E-state index contributed by atoms with van der Waals surface area (Å²) in [5.41, 5.74) is -4.32. The summed E-state index contributed by atoms with van der Waals surface area (Å²) in [6, 6.07) is 7.03. The lowest BCUT2D eigenvalue weighted by Crippen LogP contribution is -2.26. The quantitative estimate of drug-likeness (QED) is 0.412. The Morgan fingerprint density at radius 3 is 2.65 bits per heavy atom. The highest BCUT2D eigenvalue weighted by atomic mass is 19.3. The van der Waals surface area contributed by atoms with Crippen molar-refractivity contribution < 1.29 is 48.6 Å². The Hall–Kier alpha value is -3.04. The summed E-state index contributed by atoms with van der Waals surface area (Å²) in [5.74, 6) is -1.94. The lowest BCUT2D eigenvalue weighted by molar-refractivity contribution is -0.286. The molecule has 1 unspecified atom stereocenters. The zero-order valence-corrected chi connectivity index (χ0v) is 20.0. The maximum Gasteiger partial charge on any atom is 0.586 e. The smallest absolute Gasteiger partial charge is 0.395 e. The van der Waals surface area contributed by atoms with E-state index in [0.717, 1.165) is 26.0 Å². The van der Waals surface area contributed by atoms with Crippen LogP contribution in [-0.4, -0.2) is 39.5 Å². The van der Waals surface area contributed by atoms with Gasteiger partial charge in [-0.05, 0) is 60.7 Å². The van der Waals surface area contributed by atoms with E-state index in [9.17, 15) is 23.8 Å². The molecule has 0 spiro atoms. The maximum atomic E-state index is 15.7. The molecule has 0 saturated heterocycles. The fraction of sp³-hybridized carbons (Fsp3) is 0.464. The number of ketones is 1. The Balaban J connectivity index is 1.62. The number of hydrogen-bond donors (Lipinski definition) is 2. The molecule has 198 valence electrons. The number of carbonyl (C=O) groups excluding carboxylic acids is 1. The van der Waals surface area contributed by atoms with Crippen molar-refractivity contribution in [3.63, 3.8) is 0 Å². The Morgan fingerprint density at radius 2 is 2.00 bits per heavy atom. The number of rotatable bonds is 9. The van der Waals surface area contributed by atoms with Crippen molar-refractivity contribution >= 4 is 16.7 Å². The van der Waals surface area contributed by atoms with Crippen LogP contribution in [0.5, 0.6) is 11.5 Å². The number of carbonyl (C=O) groups is 1. The first kappa shape index (κ1) is 17.5. The molecule has 37 heavy (non-hydrogen) atoms.